The standard InChI is InChI=1S/C20H35N5O2.CH2O2/c1-3-12-27-18-13-15(8-9-17(18)24-16-6-4-5-7-16)20(26)21-11-10-19-22-14-23-25(19)2;2-1-3/h14-18,24H,3-13H2,1-2H3,(H,21,26);1H,(H,2,3)/t15-,17-,18-;/m0./s1. The summed E-state index contributed by atoms with van der Waals surface area (Å²) >= 11 is 0. The number of carbonyl (C=O) groups excluding carboxylic acids is 1. The SMILES string of the molecule is CCCO[C@H]1C[C@@H](C(=O)NCCc2ncnn2C)CC[C@@H]1NC1CCCC1.O=CO. The van der Waals surface area contributed by atoms with Crippen LogP contribution >= 0.6 is 0 Å². The Morgan fingerprint density at radius 3 is 2.70 bits per heavy atom. The van der Waals surface area contributed by atoms with E-state index in [1.54, 1.807) is 11.0 Å². The monoisotopic (exact) mass is 423 g/mol. The molecule has 1 aromatic rings. The molecule has 1 aromatic heterocycles. The summed E-state index contributed by atoms with van der Waals surface area (Å²) in [6, 6.07) is 1.03. The number of ether oxygens (including phenoxy) is 1. The fraction of sp³-hybridized carbons (Fsp3) is 0.810. The molecule has 0 aromatic carbocycles. The van der Waals surface area contributed by atoms with Gasteiger partial charge in [-0.15, -0.1) is 0 Å². The molecule has 3 N–H and O–H groups in total. The average Bonchev–Trinajstić information content (AvgIpc) is 3.39. The van der Waals surface area contributed by atoms with E-state index in [2.05, 4.69) is 27.6 Å². The van der Waals surface area contributed by atoms with Crippen molar-refractivity contribution >= 4 is 12.4 Å². The van der Waals surface area contributed by atoms with Gasteiger partial charge in [0.2, 0.25) is 5.91 Å². The van der Waals surface area contributed by atoms with Crippen LogP contribution in [0, 0.1) is 5.92 Å². The molecule has 0 aliphatic heterocycles. The van der Waals surface area contributed by atoms with E-state index in [-0.39, 0.29) is 24.4 Å². The Bertz CT molecular complexity index is 633. The van der Waals surface area contributed by atoms with Crippen LogP contribution in [0.15, 0.2) is 6.33 Å². The average molecular weight is 424 g/mol. The van der Waals surface area contributed by atoms with Crippen LogP contribution < -0.4 is 10.6 Å². The Morgan fingerprint density at radius 1 is 1.33 bits per heavy atom. The maximum absolute atomic E-state index is 12.7. The van der Waals surface area contributed by atoms with Crippen molar-refractivity contribution in [3.05, 3.63) is 12.2 Å². The van der Waals surface area contributed by atoms with Crippen molar-refractivity contribution in [2.24, 2.45) is 13.0 Å². The third-order valence-electron chi connectivity index (χ3n) is 5.96. The zero-order chi connectivity index (χ0) is 21.8. The number of nitrogens with one attached hydrogen (secondary N) is 2. The molecule has 2 aliphatic carbocycles. The van der Waals surface area contributed by atoms with E-state index in [0.29, 0.717) is 25.0 Å². The maximum atomic E-state index is 12.7. The lowest BCUT2D eigenvalue weighted by Gasteiger charge is -2.37. The summed E-state index contributed by atoms with van der Waals surface area (Å²) in [7, 11) is 1.87. The van der Waals surface area contributed by atoms with E-state index in [1.165, 1.54) is 25.7 Å². The summed E-state index contributed by atoms with van der Waals surface area (Å²) < 4.78 is 7.90. The lowest BCUT2D eigenvalue weighted by atomic mass is 9.82. The molecule has 0 radical (unpaired) electrons. The van der Waals surface area contributed by atoms with E-state index in [1.807, 2.05) is 7.05 Å². The van der Waals surface area contributed by atoms with Crippen LogP contribution in [-0.2, 0) is 27.8 Å². The van der Waals surface area contributed by atoms with Gasteiger partial charge < -0.3 is 20.5 Å². The number of rotatable bonds is 9. The van der Waals surface area contributed by atoms with Gasteiger partial charge in [-0.3, -0.25) is 14.3 Å². The topological polar surface area (TPSA) is 118 Å². The molecular formula is C21H37N5O4. The van der Waals surface area contributed by atoms with Crippen molar-refractivity contribution in [2.75, 3.05) is 13.2 Å². The predicted octanol–water partition coefficient (Wildman–Crippen LogP) is 1.67. The normalized spacial score (nSPS) is 24.1. The molecule has 2 fully saturated rings. The Labute approximate surface area is 179 Å². The van der Waals surface area contributed by atoms with Crippen molar-refractivity contribution in [3.8, 4) is 0 Å². The number of aryl methyl sites for hydroxylation is 1. The Kier molecular flexibility index (Phi) is 10.8. The van der Waals surface area contributed by atoms with Crippen molar-refractivity contribution < 1.29 is 19.4 Å². The highest BCUT2D eigenvalue weighted by atomic mass is 16.5. The zero-order valence-electron chi connectivity index (χ0n) is 18.3. The molecule has 1 heterocycles. The van der Waals surface area contributed by atoms with Gasteiger partial charge in [-0.25, -0.2) is 4.98 Å². The predicted molar refractivity (Wildman–Crippen MR) is 113 cm³/mol. The summed E-state index contributed by atoms with van der Waals surface area (Å²) in [6.45, 7) is 3.26. The van der Waals surface area contributed by atoms with Crippen molar-refractivity contribution in [2.45, 2.75) is 82.9 Å². The quantitative estimate of drug-likeness (QED) is 0.517. The second kappa shape index (κ2) is 13.3. The lowest BCUT2D eigenvalue weighted by Crippen LogP contribution is -2.51. The molecule has 2 aliphatic rings. The Morgan fingerprint density at radius 2 is 2.07 bits per heavy atom. The fourth-order valence-corrected chi connectivity index (χ4v) is 4.39. The fourth-order valence-electron chi connectivity index (χ4n) is 4.39. The molecule has 3 rings (SSSR count). The highest BCUT2D eigenvalue weighted by Gasteiger charge is 2.35. The summed E-state index contributed by atoms with van der Waals surface area (Å²) in [5, 5.41) is 17.9. The lowest BCUT2D eigenvalue weighted by molar-refractivity contribution is -0.128. The van der Waals surface area contributed by atoms with Crippen molar-refractivity contribution in [1.82, 2.24) is 25.4 Å². The summed E-state index contributed by atoms with van der Waals surface area (Å²) in [5.41, 5.74) is 0. The molecule has 0 saturated heterocycles. The minimum Gasteiger partial charge on any atom is -0.483 e. The summed E-state index contributed by atoms with van der Waals surface area (Å²) in [5.74, 6) is 1.10. The van der Waals surface area contributed by atoms with E-state index >= 15 is 0 Å². The third-order valence-corrected chi connectivity index (χ3v) is 5.96. The van der Waals surface area contributed by atoms with E-state index in [0.717, 1.165) is 38.1 Å². The molecule has 9 nitrogen and oxygen atoms in total. The molecule has 0 unspecified atom stereocenters. The molecule has 2 saturated carbocycles. The minimum absolute atomic E-state index is 0.0491. The third kappa shape index (κ3) is 7.68. The number of nitrogens with zero attached hydrogens (tertiary/aromatic N) is 3. The van der Waals surface area contributed by atoms with Crippen LogP contribution in [0.3, 0.4) is 0 Å². The molecule has 0 spiro atoms. The van der Waals surface area contributed by atoms with Gasteiger partial charge in [-0.05, 0) is 38.5 Å². The van der Waals surface area contributed by atoms with Gasteiger partial charge in [0.1, 0.15) is 12.2 Å². The number of hydrogen-bond acceptors (Lipinski definition) is 6. The van der Waals surface area contributed by atoms with Crippen LogP contribution in [0.5, 0.6) is 0 Å². The van der Waals surface area contributed by atoms with Crippen molar-refractivity contribution in [1.29, 1.82) is 0 Å². The molecule has 1 amide bonds. The molecule has 0 bridgehead atoms. The first-order valence-corrected chi connectivity index (χ1v) is 11.1. The zero-order valence-corrected chi connectivity index (χ0v) is 18.3. The molecule has 170 valence electrons. The van der Waals surface area contributed by atoms with Gasteiger partial charge in [0.15, 0.2) is 0 Å². The van der Waals surface area contributed by atoms with Gasteiger partial charge in [-0.1, -0.05) is 19.8 Å². The van der Waals surface area contributed by atoms with Crippen LogP contribution in [0.2, 0.25) is 0 Å². The van der Waals surface area contributed by atoms with Crippen LogP contribution in [0.25, 0.3) is 0 Å². The number of carbonyl (C=O) groups is 2. The summed E-state index contributed by atoms with van der Waals surface area (Å²) in [4.78, 5) is 25.2. The van der Waals surface area contributed by atoms with Gasteiger partial charge in [0.05, 0.1) is 6.10 Å². The second-order valence-corrected chi connectivity index (χ2v) is 8.12. The summed E-state index contributed by atoms with van der Waals surface area (Å²) in [6.07, 6.45) is 11.4. The molecular weight excluding hydrogens is 386 g/mol. The minimum atomic E-state index is -0.250. The number of amides is 1. The van der Waals surface area contributed by atoms with Gasteiger partial charge in [0, 0.05) is 44.6 Å². The molecule has 3 atom stereocenters. The largest absolute Gasteiger partial charge is 0.483 e. The number of carboxylic acid groups (broad SMARTS) is 1. The smallest absolute Gasteiger partial charge is 0.290 e. The van der Waals surface area contributed by atoms with E-state index < -0.39 is 0 Å². The second-order valence-electron chi connectivity index (χ2n) is 8.12. The number of hydrogen-bond donors (Lipinski definition) is 3. The first-order valence-electron chi connectivity index (χ1n) is 11.1. The van der Waals surface area contributed by atoms with Crippen LogP contribution in [0.4, 0.5) is 0 Å². The number of aromatic nitrogens is 3. The van der Waals surface area contributed by atoms with E-state index in [4.69, 9.17) is 14.6 Å². The van der Waals surface area contributed by atoms with E-state index in [9.17, 15) is 4.79 Å². The first kappa shape index (κ1) is 24.3. The Hall–Kier alpha value is -2.00. The Balaban J connectivity index is 0.00000101. The van der Waals surface area contributed by atoms with Crippen LogP contribution in [-0.4, -0.2) is 63.6 Å². The van der Waals surface area contributed by atoms with Crippen molar-refractivity contribution in [3.63, 3.8) is 0 Å². The molecule has 9 heteroatoms. The van der Waals surface area contributed by atoms with Gasteiger partial charge >= 0.3 is 0 Å². The highest BCUT2D eigenvalue weighted by Crippen LogP contribution is 2.29. The van der Waals surface area contributed by atoms with Gasteiger partial charge in [0.25, 0.3) is 6.47 Å². The van der Waals surface area contributed by atoms with Gasteiger partial charge in [-0.2, -0.15) is 5.10 Å². The van der Waals surface area contributed by atoms with Crippen LogP contribution in [0.1, 0.15) is 64.1 Å². The maximum Gasteiger partial charge on any atom is 0.290 e. The molecule has 30 heavy (non-hydrogen) atoms. The first-order chi connectivity index (χ1) is 14.6. The highest BCUT2D eigenvalue weighted by molar-refractivity contribution is 5.78.